The van der Waals surface area contributed by atoms with Crippen LogP contribution in [0.2, 0.25) is 0 Å². The van der Waals surface area contributed by atoms with E-state index in [2.05, 4.69) is 121 Å². The summed E-state index contributed by atoms with van der Waals surface area (Å²) in [5.74, 6) is 0. The summed E-state index contributed by atoms with van der Waals surface area (Å²) in [6.45, 7) is 0. The molecule has 0 saturated carbocycles. The molecule has 0 aliphatic heterocycles. The Kier molecular flexibility index (Phi) is 13.7. The molecule has 0 fully saturated rings. The standard InChI is InChI=1S/C11H14.C10H12.C10H8.C9H10.C6H6/c1-2-6-10-8-4-5-9-11(10)7-3-1;2*1-2-6-10-8-4-3-7-9(10)5-1;1-2-5-9-7-3-6-8(9)4-1;1-2-4-6-5-3-1/h4-5,8-9H,1-3,6-7H2;1-2,5-6H,3-4,7-8H2;1-8H;1-2,4-5H,3,6-7H2;1-6H. The van der Waals surface area contributed by atoms with Crippen LogP contribution in [-0.2, 0) is 38.5 Å². The molecule has 3 aliphatic carbocycles. The second-order valence-corrected chi connectivity index (χ2v) is 12.4. The predicted molar refractivity (Wildman–Crippen MR) is 200 cm³/mol. The SMILES string of the molecule is c1ccc2c(c1)CCC2.c1ccc2c(c1)CCCC2.c1ccc2c(c1)CCCCC2.c1ccc2ccccc2c1.c1ccccc1. The van der Waals surface area contributed by atoms with Crippen molar-refractivity contribution >= 4 is 10.8 Å². The average molecular weight is 603 g/mol. The lowest BCUT2D eigenvalue weighted by Gasteiger charge is -2.13. The molecule has 0 N–H and O–H groups in total. The van der Waals surface area contributed by atoms with Gasteiger partial charge in [0.05, 0.1) is 0 Å². The molecule has 0 heterocycles. The maximum absolute atomic E-state index is 2.28. The minimum Gasteiger partial charge on any atom is -0.0623 e. The van der Waals surface area contributed by atoms with Crippen molar-refractivity contribution in [1.82, 2.24) is 0 Å². The highest BCUT2D eigenvalue weighted by atomic mass is 14.1. The van der Waals surface area contributed by atoms with Gasteiger partial charge >= 0.3 is 0 Å². The van der Waals surface area contributed by atoms with Gasteiger partial charge in [-0.1, -0.05) is 164 Å². The molecule has 0 aromatic heterocycles. The van der Waals surface area contributed by atoms with Crippen LogP contribution in [0.25, 0.3) is 10.8 Å². The summed E-state index contributed by atoms with van der Waals surface area (Å²) in [6, 6.07) is 55.1. The van der Waals surface area contributed by atoms with Crippen LogP contribution in [0.1, 0.15) is 71.9 Å². The smallest absolute Gasteiger partial charge is 0.0184 e. The first-order chi connectivity index (χ1) is 22.9. The lowest BCUT2D eigenvalue weighted by atomic mass is 9.92. The topological polar surface area (TPSA) is 0 Å². The summed E-state index contributed by atoms with van der Waals surface area (Å²) in [5, 5.41) is 2.62. The van der Waals surface area contributed by atoms with E-state index in [4.69, 9.17) is 0 Å². The fourth-order valence-corrected chi connectivity index (χ4v) is 6.56. The molecule has 0 spiro atoms. The Bertz CT molecular complexity index is 1530. The molecule has 0 unspecified atom stereocenters. The third-order valence-corrected chi connectivity index (χ3v) is 9.11. The van der Waals surface area contributed by atoms with E-state index < -0.39 is 0 Å². The molecule has 0 nitrogen and oxygen atoms in total. The highest BCUT2D eigenvalue weighted by Crippen LogP contribution is 2.21. The summed E-state index contributed by atoms with van der Waals surface area (Å²) in [6.07, 6.45) is 16.1. The Morgan fingerprint density at radius 1 is 0.196 bits per heavy atom. The van der Waals surface area contributed by atoms with Gasteiger partial charge in [-0.25, -0.2) is 0 Å². The van der Waals surface area contributed by atoms with Crippen molar-refractivity contribution in [2.75, 3.05) is 0 Å². The molecule has 6 aromatic carbocycles. The molecule has 9 rings (SSSR count). The number of fused-ring (bicyclic) bond motifs is 4. The minimum absolute atomic E-state index is 1.30. The van der Waals surface area contributed by atoms with Crippen LogP contribution < -0.4 is 0 Å². The Labute approximate surface area is 278 Å². The van der Waals surface area contributed by atoms with Crippen LogP contribution in [0.15, 0.2) is 158 Å². The van der Waals surface area contributed by atoms with Gasteiger partial charge in [-0.15, -0.1) is 0 Å². The lowest BCUT2D eigenvalue weighted by molar-refractivity contribution is 0.685. The molecule has 0 saturated heterocycles. The van der Waals surface area contributed by atoms with Crippen molar-refractivity contribution in [2.24, 2.45) is 0 Å². The van der Waals surface area contributed by atoms with E-state index in [-0.39, 0.29) is 0 Å². The first kappa shape index (κ1) is 33.0. The highest BCUT2D eigenvalue weighted by Gasteiger charge is 2.08. The first-order valence-corrected chi connectivity index (χ1v) is 17.5. The van der Waals surface area contributed by atoms with E-state index in [0.717, 1.165) is 0 Å². The normalized spacial score (nSPS) is 13.9. The van der Waals surface area contributed by atoms with E-state index in [1.54, 1.807) is 33.4 Å². The molecule has 234 valence electrons. The second kappa shape index (κ2) is 19.2. The number of rotatable bonds is 0. The molecule has 0 radical (unpaired) electrons. The predicted octanol–water partition coefficient (Wildman–Crippen LogP) is 12.2. The third-order valence-electron chi connectivity index (χ3n) is 9.11. The monoisotopic (exact) mass is 602 g/mol. The van der Waals surface area contributed by atoms with Gasteiger partial charge in [0.15, 0.2) is 0 Å². The summed E-state index contributed by atoms with van der Waals surface area (Å²) in [7, 11) is 0. The Balaban J connectivity index is 0.000000115. The average Bonchev–Trinajstić information content (AvgIpc) is 3.50. The van der Waals surface area contributed by atoms with Crippen molar-refractivity contribution in [3.05, 3.63) is 191 Å². The van der Waals surface area contributed by atoms with Crippen LogP contribution in [0.3, 0.4) is 0 Å². The molecule has 46 heavy (non-hydrogen) atoms. The van der Waals surface area contributed by atoms with Gasteiger partial charge in [0.2, 0.25) is 0 Å². The van der Waals surface area contributed by atoms with E-state index in [0.29, 0.717) is 0 Å². The highest BCUT2D eigenvalue weighted by molar-refractivity contribution is 5.82. The molecule has 6 aromatic rings. The zero-order chi connectivity index (χ0) is 31.5. The molecule has 0 bridgehead atoms. The van der Waals surface area contributed by atoms with Gasteiger partial charge in [-0.3, -0.25) is 0 Å². The summed E-state index contributed by atoms with van der Waals surface area (Å²) < 4.78 is 0. The molecular formula is C46H50. The maximum Gasteiger partial charge on any atom is -0.0184 e. The van der Waals surface area contributed by atoms with Crippen molar-refractivity contribution < 1.29 is 0 Å². The van der Waals surface area contributed by atoms with Gasteiger partial charge in [0.25, 0.3) is 0 Å². The van der Waals surface area contributed by atoms with E-state index >= 15 is 0 Å². The van der Waals surface area contributed by atoms with E-state index in [1.807, 2.05) is 36.4 Å². The summed E-state index contributed by atoms with van der Waals surface area (Å²) in [5.41, 5.74) is 9.47. The van der Waals surface area contributed by atoms with Gasteiger partial charge < -0.3 is 0 Å². The van der Waals surface area contributed by atoms with Crippen LogP contribution in [0.4, 0.5) is 0 Å². The Morgan fingerprint density at radius 2 is 0.413 bits per heavy atom. The molecular weight excluding hydrogens is 553 g/mol. The Hall–Kier alpha value is -4.42. The van der Waals surface area contributed by atoms with Crippen LogP contribution in [0.5, 0.6) is 0 Å². The summed E-state index contributed by atoms with van der Waals surface area (Å²) in [4.78, 5) is 0. The van der Waals surface area contributed by atoms with Crippen LogP contribution >= 0.6 is 0 Å². The number of hydrogen-bond acceptors (Lipinski definition) is 0. The van der Waals surface area contributed by atoms with Crippen molar-refractivity contribution in [1.29, 1.82) is 0 Å². The minimum atomic E-state index is 1.30. The van der Waals surface area contributed by atoms with Gasteiger partial charge in [-0.05, 0) is 115 Å². The quantitative estimate of drug-likeness (QED) is 0.152. The fraction of sp³-hybridized carbons (Fsp3) is 0.261. The molecule has 0 amide bonds. The lowest BCUT2D eigenvalue weighted by Crippen LogP contribution is -2.00. The maximum atomic E-state index is 2.28. The zero-order valence-electron chi connectivity index (χ0n) is 27.5. The van der Waals surface area contributed by atoms with Crippen molar-refractivity contribution in [3.8, 4) is 0 Å². The first-order valence-electron chi connectivity index (χ1n) is 17.5. The van der Waals surface area contributed by atoms with Gasteiger partial charge in [0.1, 0.15) is 0 Å². The zero-order valence-corrected chi connectivity index (χ0v) is 27.5. The van der Waals surface area contributed by atoms with E-state index in [9.17, 15) is 0 Å². The van der Waals surface area contributed by atoms with E-state index in [1.165, 1.54) is 87.8 Å². The number of benzene rings is 6. The van der Waals surface area contributed by atoms with Crippen LogP contribution in [-0.4, -0.2) is 0 Å². The fourth-order valence-electron chi connectivity index (χ4n) is 6.56. The molecule has 3 aliphatic rings. The second-order valence-electron chi connectivity index (χ2n) is 12.4. The van der Waals surface area contributed by atoms with Gasteiger partial charge in [0, 0.05) is 0 Å². The Morgan fingerprint density at radius 3 is 0.696 bits per heavy atom. The van der Waals surface area contributed by atoms with Gasteiger partial charge in [-0.2, -0.15) is 0 Å². The number of aryl methyl sites for hydroxylation is 6. The summed E-state index contributed by atoms with van der Waals surface area (Å²) >= 11 is 0. The van der Waals surface area contributed by atoms with Crippen molar-refractivity contribution in [3.63, 3.8) is 0 Å². The van der Waals surface area contributed by atoms with Crippen LogP contribution in [0, 0.1) is 0 Å². The third kappa shape index (κ3) is 10.9. The number of hydrogen-bond donors (Lipinski definition) is 0. The largest absolute Gasteiger partial charge is 0.0623 e. The molecule has 0 heteroatoms. The van der Waals surface area contributed by atoms with Crippen molar-refractivity contribution in [2.45, 2.75) is 77.0 Å². The molecule has 0 atom stereocenters.